The van der Waals surface area contributed by atoms with Crippen molar-refractivity contribution in [1.29, 1.82) is 0 Å². The quantitative estimate of drug-likeness (QED) is 0.874. The van der Waals surface area contributed by atoms with Crippen LogP contribution in [0.5, 0.6) is 0 Å². The fraction of sp³-hybridized carbons (Fsp3) is 0.611. The number of hydrogen-bond acceptors (Lipinski definition) is 4. The molecule has 6 nitrogen and oxygen atoms in total. The van der Waals surface area contributed by atoms with Gasteiger partial charge in [-0.1, -0.05) is 20.3 Å². The molecule has 0 spiro atoms. The van der Waals surface area contributed by atoms with E-state index in [0.29, 0.717) is 28.7 Å². The van der Waals surface area contributed by atoms with E-state index >= 15 is 0 Å². The van der Waals surface area contributed by atoms with Crippen molar-refractivity contribution in [2.75, 3.05) is 0 Å². The normalized spacial score (nSPS) is 21.3. The van der Waals surface area contributed by atoms with E-state index < -0.39 is 0 Å². The second-order valence-electron chi connectivity index (χ2n) is 7.03. The summed E-state index contributed by atoms with van der Waals surface area (Å²) in [6.07, 6.45) is 5.91. The van der Waals surface area contributed by atoms with Crippen molar-refractivity contribution in [2.24, 2.45) is 11.8 Å². The summed E-state index contributed by atoms with van der Waals surface area (Å²) in [6, 6.07) is 1.73. The number of H-pyrrole nitrogens is 1. The third-order valence-electron chi connectivity index (χ3n) is 5.06. The molecule has 2 heterocycles. The predicted molar refractivity (Wildman–Crippen MR) is 90.9 cm³/mol. The summed E-state index contributed by atoms with van der Waals surface area (Å²) >= 11 is 0. The molecule has 1 fully saturated rings. The highest BCUT2D eigenvalue weighted by Gasteiger charge is 2.30. The summed E-state index contributed by atoms with van der Waals surface area (Å²) in [5.41, 5.74) is 1.31. The highest BCUT2D eigenvalue weighted by atomic mass is 16.5. The Hall–Kier alpha value is -2.11. The summed E-state index contributed by atoms with van der Waals surface area (Å²) in [6.45, 7) is 6.11. The Labute approximate surface area is 141 Å². The Kier molecular flexibility index (Phi) is 4.73. The van der Waals surface area contributed by atoms with Gasteiger partial charge in [-0.05, 0) is 38.0 Å². The second-order valence-corrected chi connectivity index (χ2v) is 7.03. The molecule has 0 unspecified atom stereocenters. The maximum atomic E-state index is 12.5. The van der Waals surface area contributed by atoms with E-state index in [1.165, 1.54) is 10.9 Å². The molecule has 0 saturated heterocycles. The molecule has 1 aliphatic rings. The van der Waals surface area contributed by atoms with E-state index in [-0.39, 0.29) is 24.1 Å². The fourth-order valence-corrected chi connectivity index (χ4v) is 3.70. The number of fused-ring (bicyclic) bond motifs is 1. The zero-order valence-electron chi connectivity index (χ0n) is 14.5. The third-order valence-corrected chi connectivity index (χ3v) is 5.06. The Bertz CT molecular complexity index is 790. The Balaban J connectivity index is 1.76. The van der Waals surface area contributed by atoms with Crippen molar-refractivity contribution in [3.8, 4) is 0 Å². The van der Waals surface area contributed by atoms with Crippen molar-refractivity contribution >= 4 is 11.6 Å². The van der Waals surface area contributed by atoms with E-state index in [4.69, 9.17) is 4.74 Å². The first-order valence-electron chi connectivity index (χ1n) is 8.72. The molecule has 3 rings (SSSR count). The fourth-order valence-electron chi connectivity index (χ4n) is 3.70. The van der Waals surface area contributed by atoms with Gasteiger partial charge in [0.25, 0.3) is 5.56 Å². The summed E-state index contributed by atoms with van der Waals surface area (Å²) in [4.78, 5) is 29.3. The van der Waals surface area contributed by atoms with Gasteiger partial charge in [0.05, 0.1) is 12.0 Å². The number of aryl methyl sites for hydroxylation is 1. The number of carbonyl (C=O) groups excluding carboxylic acids is 1. The van der Waals surface area contributed by atoms with E-state index in [1.807, 2.05) is 0 Å². The molecule has 2 aromatic rings. The Morgan fingerprint density at radius 1 is 1.42 bits per heavy atom. The van der Waals surface area contributed by atoms with Crippen molar-refractivity contribution in [3.05, 3.63) is 33.9 Å². The standard InChI is InChI=1S/C18H25N3O3/c1-11(2)13-6-4-5-7-15(13)24-17(22)10-14-12(3)20-16-8-9-19-21(16)18(14)23/h8-9,11,13,15,19H,4-7,10H2,1-3H3/t13-,15+/m1/s1. The maximum absolute atomic E-state index is 12.5. The lowest BCUT2D eigenvalue weighted by atomic mass is 9.79. The number of esters is 1. The predicted octanol–water partition coefficient (Wildman–Crippen LogP) is 2.63. The molecule has 24 heavy (non-hydrogen) atoms. The van der Waals surface area contributed by atoms with Crippen LogP contribution in [0.25, 0.3) is 5.65 Å². The molecule has 1 N–H and O–H groups in total. The topological polar surface area (TPSA) is 76.5 Å². The van der Waals surface area contributed by atoms with Gasteiger partial charge in [-0.15, -0.1) is 0 Å². The van der Waals surface area contributed by atoms with Crippen molar-refractivity contribution < 1.29 is 9.53 Å². The van der Waals surface area contributed by atoms with Crippen LogP contribution in [0.4, 0.5) is 0 Å². The molecule has 0 aliphatic heterocycles. The van der Waals surface area contributed by atoms with Gasteiger partial charge in [-0.2, -0.15) is 0 Å². The molecule has 2 aromatic heterocycles. The molecule has 0 amide bonds. The first-order valence-corrected chi connectivity index (χ1v) is 8.72. The van der Waals surface area contributed by atoms with E-state index in [0.717, 1.165) is 19.3 Å². The number of aromatic nitrogens is 3. The van der Waals surface area contributed by atoms with Crippen LogP contribution in [0, 0.1) is 18.8 Å². The number of hydrogen-bond donors (Lipinski definition) is 1. The lowest BCUT2D eigenvalue weighted by Gasteiger charge is -2.33. The number of ether oxygens (including phenoxy) is 1. The number of carbonyl (C=O) groups is 1. The van der Waals surface area contributed by atoms with Crippen molar-refractivity contribution in [1.82, 2.24) is 14.6 Å². The summed E-state index contributed by atoms with van der Waals surface area (Å²) in [7, 11) is 0. The Morgan fingerprint density at radius 2 is 2.17 bits per heavy atom. The lowest BCUT2D eigenvalue weighted by molar-refractivity contribution is -0.154. The van der Waals surface area contributed by atoms with Gasteiger partial charge in [-0.25, -0.2) is 9.50 Å². The summed E-state index contributed by atoms with van der Waals surface area (Å²) in [5.74, 6) is 0.572. The van der Waals surface area contributed by atoms with Crippen LogP contribution < -0.4 is 5.56 Å². The summed E-state index contributed by atoms with van der Waals surface area (Å²) in [5, 5.41) is 2.82. The van der Waals surface area contributed by atoms with Gasteiger partial charge in [0.15, 0.2) is 5.65 Å². The van der Waals surface area contributed by atoms with Crippen molar-refractivity contribution in [3.63, 3.8) is 0 Å². The van der Waals surface area contributed by atoms with Crippen LogP contribution in [0.1, 0.15) is 50.8 Å². The first kappa shape index (κ1) is 16.7. The van der Waals surface area contributed by atoms with Crippen LogP contribution >= 0.6 is 0 Å². The van der Waals surface area contributed by atoms with Gasteiger partial charge in [0.2, 0.25) is 0 Å². The average Bonchev–Trinajstić information content (AvgIpc) is 3.00. The van der Waals surface area contributed by atoms with E-state index in [1.54, 1.807) is 19.2 Å². The van der Waals surface area contributed by atoms with E-state index in [9.17, 15) is 9.59 Å². The zero-order chi connectivity index (χ0) is 17.3. The van der Waals surface area contributed by atoms with Crippen LogP contribution in [0.2, 0.25) is 0 Å². The lowest BCUT2D eigenvalue weighted by Crippen LogP contribution is -2.34. The third kappa shape index (κ3) is 3.23. The van der Waals surface area contributed by atoms with Crippen LogP contribution in [0.15, 0.2) is 17.1 Å². The van der Waals surface area contributed by atoms with Gasteiger partial charge in [0, 0.05) is 18.0 Å². The molecule has 0 bridgehead atoms. The number of nitrogens with one attached hydrogen (secondary N) is 1. The highest BCUT2D eigenvalue weighted by Crippen LogP contribution is 2.32. The monoisotopic (exact) mass is 331 g/mol. The first-order chi connectivity index (χ1) is 11.5. The molecule has 130 valence electrons. The highest BCUT2D eigenvalue weighted by molar-refractivity contribution is 5.73. The minimum atomic E-state index is -0.332. The molecular formula is C18H25N3O3. The van der Waals surface area contributed by atoms with Gasteiger partial charge >= 0.3 is 5.97 Å². The minimum Gasteiger partial charge on any atom is -0.462 e. The van der Waals surface area contributed by atoms with Gasteiger partial charge in [0.1, 0.15) is 6.10 Å². The maximum Gasteiger partial charge on any atom is 0.310 e. The number of rotatable bonds is 4. The van der Waals surface area contributed by atoms with Gasteiger partial charge in [-0.3, -0.25) is 14.7 Å². The van der Waals surface area contributed by atoms with E-state index in [2.05, 4.69) is 23.9 Å². The van der Waals surface area contributed by atoms with Gasteiger partial charge < -0.3 is 4.74 Å². The van der Waals surface area contributed by atoms with Crippen LogP contribution in [-0.2, 0) is 16.0 Å². The number of nitrogens with zero attached hydrogens (tertiary/aromatic N) is 2. The Morgan fingerprint density at radius 3 is 2.92 bits per heavy atom. The average molecular weight is 331 g/mol. The minimum absolute atomic E-state index is 0.0268. The second kappa shape index (κ2) is 6.79. The summed E-state index contributed by atoms with van der Waals surface area (Å²) < 4.78 is 7.10. The molecular weight excluding hydrogens is 306 g/mol. The molecule has 0 aromatic carbocycles. The van der Waals surface area contributed by atoms with Crippen LogP contribution in [0.3, 0.4) is 0 Å². The van der Waals surface area contributed by atoms with Crippen molar-refractivity contribution in [2.45, 2.75) is 59.0 Å². The smallest absolute Gasteiger partial charge is 0.310 e. The molecule has 0 radical (unpaired) electrons. The largest absolute Gasteiger partial charge is 0.462 e. The molecule has 6 heteroatoms. The number of aromatic amines is 1. The van der Waals surface area contributed by atoms with Crippen LogP contribution in [-0.4, -0.2) is 26.7 Å². The molecule has 2 atom stereocenters. The SMILES string of the molecule is Cc1nc2cc[nH]n2c(=O)c1CC(=O)O[C@H]1CCCC[C@@H]1C(C)C. The molecule has 1 aliphatic carbocycles. The zero-order valence-corrected chi connectivity index (χ0v) is 14.5. The molecule has 1 saturated carbocycles.